The number of thiazole rings is 1. The van der Waals surface area contributed by atoms with E-state index in [-0.39, 0.29) is 17.7 Å². The minimum atomic E-state index is -4.27. The number of anilines is 1. The van der Waals surface area contributed by atoms with E-state index >= 15 is 0 Å². The predicted molar refractivity (Wildman–Crippen MR) is 72.5 cm³/mol. The largest absolute Gasteiger partial charge is 0.406 e. The van der Waals surface area contributed by atoms with Crippen LogP contribution < -0.4 is 4.90 Å². The Morgan fingerprint density at radius 2 is 2.00 bits per heavy atom. The van der Waals surface area contributed by atoms with Crippen LogP contribution in [0.1, 0.15) is 42.6 Å². The number of nitrogens with zero attached hydrogens (tertiary/aromatic N) is 2. The van der Waals surface area contributed by atoms with Gasteiger partial charge in [-0.05, 0) is 18.8 Å². The Balaban J connectivity index is 2.30. The Kier molecular flexibility index (Phi) is 3.83. The van der Waals surface area contributed by atoms with Crippen LogP contribution in [0.15, 0.2) is 0 Å². The third-order valence-electron chi connectivity index (χ3n) is 3.25. The van der Waals surface area contributed by atoms with Crippen LogP contribution in [0.4, 0.5) is 18.3 Å². The molecule has 20 heavy (non-hydrogen) atoms. The molecule has 0 spiro atoms. The highest BCUT2D eigenvalue weighted by Gasteiger charge is 2.36. The molecule has 1 aliphatic rings. The molecule has 1 aromatic heterocycles. The molecule has 2 rings (SSSR count). The van der Waals surface area contributed by atoms with Gasteiger partial charge in [-0.15, -0.1) is 0 Å². The molecule has 0 aliphatic heterocycles. The lowest BCUT2D eigenvalue weighted by atomic mass is 9.78. The lowest BCUT2D eigenvalue weighted by Crippen LogP contribution is -2.34. The van der Waals surface area contributed by atoms with Gasteiger partial charge in [-0.3, -0.25) is 4.79 Å². The number of rotatable bonds is 3. The maximum absolute atomic E-state index is 12.5. The van der Waals surface area contributed by atoms with Gasteiger partial charge in [-0.1, -0.05) is 25.2 Å². The minimum Gasteiger partial charge on any atom is -0.339 e. The van der Waals surface area contributed by atoms with Crippen molar-refractivity contribution < 1.29 is 18.0 Å². The lowest BCUT2D eigenvalue weighted by molar-refractivity contribution is -0.119. The molecule has 0 unspecified atom stereocenters. The van der Waals surface area contributed by atoms with Gasteiger partial charge < -0.3 is 4.90 Å². The van der Waals surface area contributed by atoms with Gasteiger partial charge in [0.05, 0.1) is 10.6 Å². The van der Waals surface area contributed by atoms with E-state index in [9.17, 15) is 18.0 Å². The first-order valence-corrected chi connectivity index (χ1v) is 7.27. The van der Waals surface area contributed by atoms with E-state index in [0.717, 1.165) is 11.3 Å². The molecule has 0 radical (unpaired) electrons. The normalized spacial score (nSPS) is 18.0. The molecule has 0 aromatic carbocycles. The van der Waals surface area contributed by atoms with Crippen LogP contribution in [0.3, 0.4) is 0 Å². The fourth-order valence-electron chi connectivity index (χ4n) is 2.37. The molecule has 0 saturated heterocycles. The molecule has 0 atom stereocenters. The topological polar surface area (TPSA) is 33.2 Å². The van der Waals surface area contributed by atoms with E-state index in [1.54, 1.807) is 6.92 Å². The van der Waals surface area contributed by atoms with E-state index in [1.165, 1.54) is 4.90 Å². The molecule has 1 heterocycles. The third-order valence-corrected chi connectivity index (χ3v) is 4.45. The van der Waals surface area contributed by atoms with E-state index in [4.69, 9.17) is 0 Å². The van der Waals surface area contributed by atoms with Gasteiger partial charge in [0.25, 0.3) is 0 Å². The van der Waals surface area contributed by atoms with Gasteiger partial charge in [0.1, 0.15) is 6.54 Å². The summed E-state index contributed by atoms with van der Waals surface area (Å²) >= 11 is 1.08. The first-order valence-electron chi connectivity index (χ1n) is 6.46. The zero-order valence-corrected chi connectivity index (χ0v) is 12.5. The number of fused-ring (bicyclic) bond motifs is 1. The first kappa shape index (κ1) is 15.3. The summed E-state index contributed by atoms with van der Waals surface area (Å²) in [5.74, 6) is -0.0111. The van der Waals surface area contributed by atoms with E-state index < -0.39 is 12.7 Å². The number of hydrogen-bond donors (Lipinski definition) is 0. The van der Waals surface area contributed by atoms with Crippen molar-refractivity contribution in [3.8, 4) is 0 Å². The van der Waals surface area contributed by atoms with Crippen molar-refractivity contribution in [3.05, 3.63) is 10.6 Å². The van der Waals surface area contributed by atoms with Crippen molar-refractivity contribution in [2.45, 2.75) is 39.8 Å². The molecule has 7 heteroatoms. The second kappa shape index (κ2) is 5.02. The highest BCUT2D eigenvalue weighted by Crippen LogP contribution is 2.39. The SMILES string of the molecule is CCN(CC(F)(F)F)c1nc2c(s1)C(=O)CC(C)(C)C2. The van der Waals surface area contributed by atoms with Gasteiger partial charge in [-0.2, -0.15) is 13.2 Å². The van der Waals surface area contributed by atoms with Crippen molar-refractivity contribution in [2.75, 3.05) is 18.0 Å². The molecule has 0 saturated carbocycles. The lowest BCUT2D eigenvalue weighted by Gasteiger charge is -2.26. The minimum absolute atomic E-state index is 0.0111. The third kappa shape index (κ3) is 3.31. The second-order valence-corrected chi connectivity index (χ2v) is 6.82. The highest BCUT2D eigenvalue weighted by atomic mass is 32.1. The Morgan fingerprint density at radius 1 is 1.35 bits per heavy atom. The van der Waals surface area contributed by atoms with Crippen LogP contribution >= 0.6 is 11.3 Å². The standard InChI is InChI=1S/C13H17F3N2OS/c1-4-18(7-13(14,15)16)11-17-8-5-12(2,3)6-9(19)10(8)20-11/h4-7H2,1-3H3. The molecular weight excluding hydrogens is 289 g/mol. The smallest absolute Gasteiger partial charge is 0.339 e. The molecular formula is C13H17F3N2OS. The number of carbonyl (C=O) groups is 1. The summed E-state index contributed by atoms with van der Waals surface area (Å²) in [5, 5.41) is 0.292. The monoisotopic (exact) mass is 306 g/mol. The van der Waals surface area contributed by atoms with Crippen molar-refractivity contribution in [2.24, 2.45) is 5.41 Å². The molecule has 3 nitrogen and oxygen atoms in total. The maximum Gasteiger partial charge on any atom is 0.406 e. The van der Waals surface area contributed by atoms with Crippen molar-refractivity contribution in [1.29, 1.82) is 0 Å². The molecule has 0 fully saturated rings. The number of ketones is 1. The Morgan fingerprint density at radius 3 is 2.55 bits per heavy atom. The summed E-state index contributed by atoms with van der Waals surface area (Å²) in [5.41, 5.74) is 0.475. The van der Waals surface area contributed by atoms with E-state index in [0.29, 0.717) is 28.5 Å². The second-order valence-electron chi connectivity index (χ2n) is 5.84. The van der Waals surface area contributed by atoms with Crippen molar-refractivity contribution >= 4 is 22.3 Å². The van der Waals surface area contributed by atoms with Crippen molar-refractivity contribution in [1.82, 2.24) is 4.98 Å². The van der Waals surface area contributed by atoms with Gasteiger partial charge in [0.15, 0.2) is 10.9 Å². The van der Waals surface area contributed by atoms with Gasteiger partial charge in [0.2, 0.25) is 0 Å². The fraction of sp³-hybridized carbons (Fsp3) is 0.692. The zero-order valence-electron chi connectivity index (χ0n) is 11.7. The molecule has 0 bridgehead atoms. The summed E-state index contributed by atoms with van der Waals surface area (Å²) in [6, 6.07) is 0. The number of hydrogen-bond acceptors (Lipinski definition) is 4. The van der Waals surface area contributed by atoms with Crippen LogP contribution in [-0.2, 0) is 6.42 Å². The van der Waals surface area contributed by atoms with E-state index in [1.807, 2.05) is 13.8 Å². The van der Waals surface area contributed by atoms with Crippen LogP contribution in [0.2, 0.25) is 0 Å². The number of carbonyl (C=O) groups excluding carboxylic acids is 1. The number of halogens is 3. The highest BCUT2D eigenvalue weighted by molar-refractivity contribution is 7.17. The molecule has 112 valence electrons. The van der Waals surface area contributed by atoms with Crippen LogP contribution in [0.25, 0.3) is 0 Å². The quantitative estimate of drug-likeness (QED) is 0.854. The summed E-state index contributed by atoms with van der Waals surface area (Å²) in [4.78, 5) is 18.0. The molecule has 0 amide bonds. The van der Waals surface area contributed by atoms with E-state index in [2.05, 4.69) is 4.98 Å². The number of aromatic nitrogens is 1. The zero-order chi connectivity index (χ0) is 15.1. The van der Waals surface area contributed by atoms with Crippen LogP contribution in [0, 0.1) is 5.41 Å². The number of alkyl halides is 3. The molecule has 0 N–H and O–H groups in total. The van der Waals surface area contributed by atoms with Gasteiger partial charge in [0, 0.05) is 13.0 Å². The summed E-state index contributed by atoms with van der Waals surface area (Å²) in [7, 11) is 0. The molecule has 1 aliphatic carbocycles. The Hall–Kier alpha value is -1.11. The summed E-state index contributed by atoms with van der Waals surface area (Å²) < 4.78 is 37.6. The Bertz CT molecular complexity index is 522. The predicted octanol–water partition coefficient (Wildman–Crippen LogP) is 3.69. The molecule has 1 aromatic rings. The van der Waals surface area contributed by atoms with Crippen LogP contribution in [0.5, 0.6) is 0 Å². The Labute approximate surface area is 119 Å². The maximum atomic E-state index is 12.5. The van der Waals surface area contributed by atoms with Gasteiger partial charge in [-0.25, -0.2) is 4.98 Å². The number of Topliss-reactive ketones (excluding diaryl/α,β-unsaturated/α-hetero) is 1. The average molecular weight is 306 g/mol. The van der Waals surface area contributed by atoms with Crippen molar-refractivity contribution in [3.63, 3.8) is 0 Å². The fourth-order valence-corrected chi connectivity index (χ4v) is 3.46. The first-order chi connectivity index (χ1) is 9.11. The average Bonchev–Trinajstić information content (AvgIpc) is 2.66. The summed E-state index contributed by atoms with van der Waals surface area (Å²) in [6.07, 6.45) is -3.22. The summed E-state index contributed by atoms with van der Waals surface area (Å²) in [6.45, 7) is 4.77. The van der Waals surface area contributed by atoms with Crippen LogP contribution in [-0.4, -0.2) is 30.0 Å². The van der Waals surface area contributed by atoms with Gasteiger partial charge >= 0.3 is 6.18 Å².